The van der Waals surface area contributed by atoms with Crippen molar-refractivity contribution in [3.63, 3.8) is 0 Å². The summed E-state index contributed by atoms with van der Waals surface area (Å²) in [5.74, 6) is 0.571. The predicted molar refractivity (Wildman–Crippen MR) is 73.0 cm³/mol. The van der Waals surface area contributed by atoms with Crippen LogP contribution < -0.4 is 0 Å². The molecule has 0 N–H and O–H groups in total. The van der Waals surface area contributed by atoms with Gasteiger partial charge in [-0.3, -0.25) is 4.79 Å². The second kappa shape index (κ2) is 5.83. The number of aldehydes is 1. The average Bonchev–Trinajstić information content (AvgIpc) is 2.76. The fourth-order valence-electron chi connectivity index (χ4n) is 1.97. The van der Waals surface area contributed by atoms with E-state index in [2.05, 4.69) is 18.4 Å². The Hall–Kier alpha value is -1.61. The highest BCUT2D eigenvalue weighted by Crippen LogP contribution is 2.17. The Morgan fingerprint density at radius 2 is 2.17 bits per heavy atom. The van der Waals surface area contributed by atoms with E-state index in [1.807, 2.05) is 30.5 Å². The van der Waals surface area contributed by atoms with Gasteiger partial charge in [-0.2, -0.15) is 0 Å². The smallest absolute Gasteiger partial charge is 0.150 e. The van der Waals surface area contributed by atoms with E-state index in [-0.39, 0.29) is 0 Å². The van der Waals surface area contributed by atoms with Gasteiger partial charge < -0.3 is 9.30 Å². The highest BCUT2D eigenvalue weighted by atomic mass is 16.5. The van der Waals surface area contributed by atoms with Crippen molar-refractivity contribution in [3.8, 4) is 0 Å². The molecule has 0 aliphatic rings. The largest absolute Gasteiger partial charge is 0.379 e. The van der Waals surface area contributed by atoms with Crippen LogP contribution in [0.25, 0.3) is 10.9 Å². The SMILES string of the molecule is CC(C)COCCn1ccc2cc(C=O)ccc21. The minimum absolute atomic E-state index is 0.571. The molecule has 3 nitrogen and oxygen atoms in total. The zero-order valence-corrected chi connectivity index (χ0v) is 10.9. The minimum Gasteiger partial charge on any atom is -0.379 e. The van der Waals surface area contributed by atoms with Crippen LogP contribution in [0.3, 0.4) is 0 Å². The second-order valence-electron chi connectivity index (χ2n) is 4.91. The summed E-state index contributed by atoms with van der Waals surface area (Å²) in [6.07, 6.45) is 2.92. The molecular formula is C15H19NO2. The number of carbonyl (C=O) groups excluding carboxylic acids is 1. The number of nitrogens with zero attached hydrogens (tertiary/aromatic N) is 1. The zero-order chi connectivity index (χ0) is 13.0. The molecule has 0 aliphatic heterocycles. The molecule has 0 amide bonds. The standard InChI is InChI=1S/C15H19NO2/c1-12(2)11-18-8-7-16-6-5-14-9-13(10-17)3-4-15(14)16/h3-6,9-10,12H,7-8,11H2,1-2H3. The quantitative estimate of drug-likeness (QED) is 0.578. The van der Waals surface area contributed by atoms with E-state index in [9.17, 15) is 4.79 Å². The lowest BCUT2D eigenvalue weighted by Crippen LogP contribution is -2.08. The highest BCUT2D eigenvalue weighted by molar-refractivity contribution is 5.87. The van der Waals surface area contributed by atoms with E-state index >= 15 is 0 Å². The molecule has 0 spiro atoms. The third-order valence-corrected chi connectivity index (χ3v) is 2.86. The minimum atomic E-state index is 0.571. The maximum absolute atomic E-state index is 10.7. The molecule has 0 unspecified atom stereocenters. The van der Waals surface area contributed by atoms with Crippen LogP contribution in [0.4, 0.5) is 0 Å². The first-order valence-electron chi connectivity index (χ1n) is 6.32. The average molecular weight is 245 g/mol. The third kappa shape index (κ3) is 2.99. The maximum Gasteiger partial charge on any atom is 0.150 e. The summed E-state index contributed by atoms with van der Waals surface area (Å²) in [7, 11) is 0. The van der Waals surface area contributed by atoms with E-state index in [1.165, 1.54) is 0 Å². The van der Waals surface area contributed by atoms with Gasteiger partial charge in [0.25, 0.3) is 0 Å². The number of hydrogen-bond acceptors (Lipinski definition) is 2. The van der Waals surface area contributed by atoms with Gasteiger partial charge in [-0.05, 0) is 30.2 Å². The highest BCUT2D eigenvalue weighted by Gasteiger charge is 2.02. The molecule has 0 aliphatic carbocycles. The molecule has 1 aromatic heterocycles. The first kappa shape index (κ1) is 12.8. The summed E-state index contributed by atoms with van der Waals surface area (Å²) < 4.78 is 7.74. The summed E-state index contributed by atoms with van der Waals surface area (Å²) in [5.41, 5.74) is 1.87. The topological polar surface area (TPSA) is 31.2 Å². The molecular weight excluding hydrogens is 226 g/mol. The normalized spacial score (nSPS) is 11.3. The lowest BCUT2D eigenvalue weighted by atomic mass is 10.2. The third-order valence-electron chi connectivity index (χ3n) is 2.86. The number of ether oxygens (including phenoxy) is 1. The first-order valence-corrected chi connectivity index (χ1v) is 6.32. The number of hydrogen-bond donors (Lipinski definition) is 0. The maximum atomic E-state index is 10.7. The summed E-state index contributed by atoms with van der Waals surface area (Å²) in [6, 6.07) is 7.78. The molecule has 1 heterocycles. The fourth-order valence-corrected chi connectivity index (χ4v) is 1.97. The molecule has 96 valence electrons. The van der Waals surface area contributed by atoms with Crippen molar-refractivity contribution in [1.82, 2.24) is 4.57 Å². The molecule has 3 heteroatoms. The lowest BCUT2D eigenvalue weighted by Gasteiger charge is -2.08. The molecule has 1 aromatic carbocycles. The number of fused-ring (bicyclic) bond motifs is 1. The van der Waals surface area contributed by atoms with Crippen molar-refractivity contribution in [2.24, 2.45) is 5.92 Å². The number of carbonyl (C=O) groups is 1. The summed E-state index contributed by atoms with van der Waals surface area (Å²) in [4.78, 5) is 10.7. The molecule has 0 radical (unpaired) electrons. The Bertz CT molecular complexity index is 528. The van der Waals surface area contributed by atoms with Crippen molar-refractivity contribution in [2.75, 3.05) is 13.2 Å². The van der Waals surface area contributed by atoms with E-state index in [1.54, 1.807) is 0 Å². The number of benzene rings is 1. The molecule has 18 heavy (non-hydrogen) atoms. The van der Waals surface area contributed by atoms with Gasteiger partial charge in [0, 0.05) is 35.8 Å². The lowest BCUT2D eigenvalue weighted by molar-refractivity contribution is 0.104. The summed E-state index contributed by atoms with van der Waals surface area (Å²) in [5, 5.41) is 1.10. The molecule has 2 aromatic rings. The monoisotopic (exact) mass is 245 g/mol. The number of aromatic nitrogens is 1. The van der Waals surface area contributed by atoms with E-state index in [0.717, 1.165) is 42.5 Å². The Balaban J connectivity index is 2.03. The van der Waals surface area contributed by atoms with Crippen LogP contribution in [0.1, 0.15) is 24.2 Å². The van der Waals surface area contributed by atoms with Crippen LogP contribution in [0.15, 0.2) is 30.5 Å². The van der Waals surface area contributed by atoms with Gasteiger partial charge in [-0.15, -0.1) is 0 Å². The van der Waals surface area contributed by atoms with Crippen LogP contribution in [-0.2, 0) is 11.3 Å². The Morgan fingerprint density at radius 1 is 1.33 bits per heavy atom. The molecule has 0 saturated carbocycles. The van der Waals surface area contributed by atoms with Crippen molar-refractivity contribution >= 4 is 17.2 Å². The molecule has 2 rings (SSSR count). The molecule has 0 atom stereocenters. The summed E-state index contributed by atoms with van der Waals surface area (Å²) in [6.45, 7) is 6.65. The zero-order valence-electron chi connectivity index (χ0n) is 10.9. The van der Waals surface area contributed by atoms with Crippen LogP contribution in [0.2, 0.25) is 0 Å². The van der Waals surface area contributed by atoms with Crippen LogP contribution in [-0.4, -0.2) is 24.1 Å². The van der Waals surface area contributed by atoms with Crippen LogP contribution >= 0.6 is 0 Å². The van der Waals surface area contributed by atoms with Crippen molar-refractivity contribution in [2.45, 2.75) is 20.4 Å². The van der Waals surface area contributed by atoms with Crippen molar-refractivity contribution in [1.29, 1.82) is 0 Å². The Morgan fingerprint density at radius 3 is 2.89 bits per heavy atom. The molecule has 0 fully saturated rings. The van der Waals surface area contributed by atoms with Gasteiger partial charge >= 0.3 is 0 Å². The van der Waals surface area contributed by atoms with Gasteiger partial charge in [0.2, 0.25) is 0 Å². The van der Waals surface area contributed by atoms with Crippen LogP contribution in [0.5, 0.6) is 0 Å². The van der Waals surface area contributed by atoms with Gasteiger partial charge in [0.1, 0.15) is 6.29 Å². The van der Waals surface area contributed by atoms with E-state index < -0.39 is 0 Å². The van der Waals surface area contributed by atoms with Gasteiger partial charge in [0.05, 0.1) is 6.61 Å². The van der Waals surface area contributed by atoms with Gasteiger partial charge in [0.15, 0.2) is 0 Å². The first-order chi connectivity index (χ1) is 8.70. The second-order valence-corrected chi connectivity index (χ2v) is 4.91. The molecule has 0 saturated heterocycles. The van der Waals surface area contributed by atoms with E-state index in [0.29, 0.717) is 5.92 Å². The Labute approximate surface area is 107 Å². The van der Waals surface area contributed by atoms with Gasteiger partial charge in [-0.25, -0.2) is 0 Å². The molecule has 0 bridgehead atoms. The van der Waals surface area contributed by atoms with Crippen molar-refractivity contribution in [3.05, 3.63) is 36.0 Å². The van der Waals surface area contributed by atoms with Crippen molar-refractivity contribution < 1.29 is 9.53 Å². The fraction of sp³-hybridized carbons (Fsp3) is 0.400. The van der Waals surface area contributed by atoms with Crippen LogP contribution in [0, 0.1) is 5.92 Å². The number of rotatable bonds is 6. The predicted octanol–water partition coefficient (Wildman–Crippen LogP) is 3.13. The van der Waals surface area contributed by atoms with E-state index in [4.69, 9.17) is 4.74 Å². The van der Waals surface area contributed by atoms with Gasteiger partial charge in [-0.1, -0.05) is 13.8 Å². The Kier molecular flexibility index (Phi) is 4.15. The summed E-state index contributed by atoms with van der Waals surface area (Å²) >= 11 is 0.